The number of nitrogens with zero attached hydrogens (tertiary/aromatic N) is 2. The Bertz CT molecular complexity index is 468. The molecule has 1 aromatic carbocycles. The fourth-order valence-corrected chi connectivity index (χ4v) is 1.26. The van der Waals surface area contributed by atoms with Gasteiger partial charge in [-0.15, -0.1) is 0 Å². The van der Waals surface area contributed by atoms with Crippen molar-refractivity contribution in [2.24, 2.45) is 0 Å². The van der Waals surface area contributed by atoms with Gasteiger partial charge in [-0.3, -0.25) is 0 Å². The molecule has 5 heteroatoms. The number of hydrogen-bond donors (Lipinski definition) is 0. The quantitative estimate of drug-likeness (QED) is 0.714. The van der Waals surface area contributed by atoms with Gasteiger partial charge in [0.25, 0.3) is 0 Å². The molecular weight excluding hydrogens is 210 g/mol. The Kier molecular flexibility index (Phi) is 2.21. The molecule has 0 aliphatic rings. The monoisotopic (exact) mass is 214 g/mol. The molecule has 0 amide bonds. The smallest absolute Gasteiger partial charge is 0.231 e. The molecule has 1 heterocycles. The summed E-state index contributed by atoms with van der Waals surface area (Å²) < 4.78 is 26.8. The maximum absolute atomic E-state index is 12.8. The average molecular weight is 215 g/mol. The summed E-state index contributed by atoms with van der Waals surface area (Å²) in [6, 6.07) is 4.11. The Morgan fingerprint density at radius 1 is 1.29 bits per heavy atom. The highest BCUT2D eigenvalue weighted by Gasteiger charge is 2.03. The zero-order valence-corrected chi connectivity index (χ0v) is 7.67. The van der Waals surface area contributed by atoms with Crippen LogP contribution in [-0.2, 0) is 0 Å². The molecule has 72 valence electrons. The number of hydrogen-bond acceptors (Lipinski definition) is 1. The minimum atomic E-state index is -0.592. The van der Waals surface area contributed by atoms with Crippen molar-refractivity contribution in [1.82, 2.24) is 9.55 Å². The van der Waals surface area contributed by atoms with Gasteiger partial charge in [0.15, 0.2) is 0 Å². The van der Waals surface area contributed by atoms with Crippen LogP contribution in [0.25, 0.3) is 5.69 Å². The van der Waals surface area contributed by atoms with E-state index < -0.39 is 11.8 Å². The summed E-state index contributed by atoms with van der Waals surface area (Å²) in [5.41, 5.74) is 0.563. The molecule has 0 N–H and O–H groups in total. The lowest BCUT2D eigenvalue weighted by atomic mass is 10.3. The van der Waals surface area contributed by atoms with Gasteiger partial charge < -0.3 is 4.57 Å². The van der Waals surface area contributed by atoms with Crippen LogP contribution in [0.3, 0.4) is 0 Å². The average Bonchev–Trinajstić information content (AvgIpc) is 2.57. The molecule has 2 aromatic rings. The van der Waals surface area contributed by atoms with Crippen molar-refractivity contribution in [2.75, 3.05) is 0 Å². The molecule has 1 aromatic heterocycles. The first-order valence-corrected chi connectivity index (χ1v) is 4.19. The van der Waals surface area contributed by atoms with E-state index in [0.29, 0.717) is 5.69 Å². The summed E-state index contributed by atoms with van der Waals surface area (Å²) in [5, 5.41) is -0.00314. The number of rotatable bonds is 1. The van der Waals surface area contributed by atoms with Crippen molar-refractivity contribution < 1.29 is 8.78 Å². The van der Waals surface area contributed by atoms with Gasteiger partial charge in [0.05, 0.1) is 11.2 Å². The highest BCUT2D eigenvalue weighted by molar-refractivity contribution is 6.30. The standard InChI is InChI=1S/C9H5ClF2N2/c10-7-3-6(1-2-8(7)11)14-4-9(12)13-5-14/h1-5H. The molecule has 0 spiro atoms. The van der Waals surface area contributed by atoms with Gasteiger partial charge in [-0.25, -0.2) is 9.37 Å². The van der Waals surface area contributed by atoms with Crippen LogP contribution < -0.4 is 0 Å². The third-order valence-corrected chi connectivity index (χ3v) is 2.04. The van der Waals surface area contributed by atoms with E-state index in [4.69, 9.17) is 11.6 Å². The van der Waals surface area contributed by atoms with Crippen molar-refractivity contribution in [3.8, 4) is 5.69 Å². The Hall–Kier alpha value is -1.42. The number of aromatic nitrogens is 2. The molecule has 0 saturated heterocycles. The van der Waals surface area contributed by atoms with E-state index in [1.807, 2.05) is 0 Å². The van der Waals surface area contributed by atoms with Crippen molar-refractivity contribution in [2.45, 2.75) is 0 Å². The fraction of sp³-hybridized carbons (Fsp3) is 0. The zero-order chi connectivity index (χ0) is 10.1. The van der Waals surface area contributed by atoms with Gasteiger partial charge in [-0.2, -0.15) is 4.39 Å². The van der Waals surface area contributed by atoms with Crippen molar-refractivity contribution >= 4 is 11.6 Å². The Labute approximate surface area is 83.8 Å². The van der Waals surface area contributed by atoms with Gasteiger partial charge >= 0.3 is 0 Å². The first-order chi connectivity index (χ1) is 6.66. The van der Waals surface area contributed by atoms with E-state index in [-0.39, 0.29) is 5.02 Å². The molecule has 0 aliphatic heterocycles. The maximum Gasteiger partial charge on any atom is 0.231 e. The number of benzene rings is 1. The molecule has 0 unspecified atom stereocenters. The first kappa shape index (κ1) is 9.15. The fourth-order valence-electron chi connectivity index (χ4n) is 1.09. The summed E-state index contributed by atoms with van der Waals surface area (Å²) in [6.07, 6.45) is 2.47. The topological polar surface area (TPSA) is 17.8 Å². The predicted octanol–water partition coefficient (Wildman–Crippen LogP) is 2.80. The molecular formula is C9H5ClF2N2. The molecule has 0 bridgehead atoms. The number of halogens is 3. The minimum absolute atomic E-state index is 0.00314. The van der Waals surface area contributed by atoms with E-state index in [1.54, 1.807) is 0 Å². The molecule has 2 rings (SSSR count). The second-order valence-electron chi connectivity index (χ2n) is 2.70. The Morgan fingerprint density at radius 2 is 2.07 bits per heavy atom. The summed E-state index contributed by atoms with van der Waals surface area (Å²) in [7, 11) is 0. The zero-order valence-electron chi connectivity index (χ0n) is 6.92. The normalized spacial score (nSPS) is 10.5. The maximum atomic E-state index is 12.8. The van der Waals surface area contributed by atoms with E-state index in [2.05, 4.69) is 4.98 Å². The van der Waals surface area contributed by atoms with Crippen LogP contribution in [0.5, 0.6) is 0 Å². The second kappa shape index (κ2) is 3.38. The SMILES string of the molecule is Fc1cn(-c2ccc(F)c(Cl)c2)cn1. The van der Waals surface area contributed by atoms with Crippen LogP contribution in [0.2, 0.25) is 5.02 Å². The third kappa shape index (κ3) is 1.61. The van der Waals surface area contributed by atoms with E-state index in [0.717, 1.165) is 0 Å². The molecule has 0 saturated carbocycles. The van der Waals surface area contributed by atoms with E-state index in [9.17, 15) is 8.78 Å². The van der Waals surface area contributed by atoms with Gasteiger partial charge in [-0.05, 0) is 18.2 Å². The second-order valence-corrected chi connectivity index (χ2v) is 3.11. The highest BCUT2D eigenvalue weighted by atomic mass is 35.5. The summed E-state index contributed by atoms with van der Waals surface area (Å²) in [4.78, 5) is 3.40. The van der Waals surface area contributed by atoms with Gasteiger partial charge in [0.2, 0.25) is 5.95 Å². The van der Waals surface area contributed by atoms with Crippen LogP contribution in [0, 0.1) is 11.8 Å². The first-order valence-electron chi connectivity index (χ1n) is 3.82. The molecule has 0 fully saturated rings. The summed E-state index contributed by atoms with van der Waals surface area (Å²) in [6.45, 7) is 0. The van der Waals surface area contributed by atoms with Gasteiger partial charge in [0, 0.05) is 5.69 Å². The molecule has 0 radical (unpaired) electrons. The lowest BCUT2D eigenvalue weighted by Crippen LogP contribution is -1.90. The van der Waals surface area contributed by atoms with Crippen LogP contribution in [0.1, 0.15) is 0 Å². The minimum Gasteiger partial charge on any atom is -0.303 e. The lowest BCUT2D eigenvalue weighted by molar-refractivity contribution is 0.590. The summed E-state index contributed by atoms with van der Waals surface area (Å²) in [5.74, 6) is -1.10. The molecule has 2 nitrogen and oxygen atoms in total. The molecule has 14 heavy (non-hydrogen) atoms. The third-order valence-electron chi connectivity index (χ3n) is 1.75. The highest BCUT2D eigenvalue weighted by Crippen LogP contribution is 2.18. The van der Waals surface area contributed by atoms with E-state index in [1.165, 1.54) is 35.3 Å². The van der Waals surface area contributed by atoms with Crippen LogP contribution in [-0.4, -0.2) is 9.55 Å². The van der Waals surface area contributed by atoms with Gasteiger partial charge in [-0.1, -0.05) is 11.6 Å². The van der Waals surface area contributed by atoms with Crippen molar-refractivity contribution in [3.63, 3.8) is 0 Å². The molecule has 0 aliphatic carbocycles. The van der Waals surface area contributed by atoms with Crippen molar-refractivity contribution in [3.05, 3.63) is 47.5 Å². The van der Waals surface area contributed by atoms with Crippen molar-refractivity contribution in [1.29, 1.82) is 0 Å². The van der Waals surface area contributed by atoms with Crippen LogP contribution >= 0.6 is 11.6 Å². The van der Waals surface area contributed by atoms with E-state index >= 15 is 0 Å². The van der Waals surface area contributed by atoms with Gasteiger partial charge in [0.1, 0.15) is 12.1 Å². The lowest BCUT2D eigenvalue weighted by Gasteiger charge is -2.01. The summed E-state index contributed by atoms with van der Waals surface area (Å²) >= 11 is 5.57. The Morgan fingerprint density at radius 3 is 2.64 bits per heavy atom. The van der Waals surface area contributed by atoms with Crippen LogP contribution in [0.4, 0.5) is 8.78 Å². The molecule has 0 atom stereocenters. The number of imidazole rings is 1. The Balaban J connectivity index is 2.47. The predicted molar refractivity (Wildman–Crippen MR) is 48.5 cm³/mol. The largest absolute Gasteiger partial charge is 0.303 e. The van der Waals surface area contributed by atoms with Crippen LogP contribution in [0.15, 0.2) is 30.7 Å².